The molecular formula is C15H20F2O2. The fourth-order valence-electron chi connectivity index (χ4n) is 2.44. The molecule has 1 saturated carbocycles. The highest BCUT2D eigenvalue weighted by Crippen LogP contribution is 2.27. The van der Waals surface area contributed by atoms with E-state index in [0.717, 1.165) is 31.6 Å². The predicted octanol–water partition coefficient (Wildman–Crippen LogP) is 4.07. The third kappa shape index (κ3) is 3.44. The largest absolute Gasteiger partial charge is 0.494 e. The summed E-state index contributed by atoms with van der Waals surface area (Å²) in [4.78, 5) is 0. The molecule has 1 aliphatic rings. The van der Waals surface area contributed by atoms with Gasteiger partial charge in [-0.2, -0.15) is 4.39 Å². The van der Waals surface area contributed by atoms with Crippen LogP contribution in [0.1, 0.15) is 38.2 Å². The van der Waals surface area contributed by atoms with E-state index in [1.165, 1.54) is 19.2 Å². The quantitative estimate of drug-likeness (QED) is 0.821. The average molecular weight is 270 g/mol. The molecule has 0 amide bonds. The first-order chi connectivity index (χ1) is 9.11. The Morgan fingerprint density at radius 1 is 1.11 bits per heavy atom. The van der Waals surface area contributed by atoms with E-state index < -0.39 is 11.6 Å². The van der Waals surface area contributed by atoms with Crippen molar-refractivity contribution >= 4 is 0 Å². The van der Waals surface area contributed by atoms with E-state index in [1.54, 1.807) is 0 Å². The summed E-state index contributed by atoms with van der Waals surface area (Å²) in [7, 11) is 1.32. The van der Waals surface area contributed by atoms with E-state index in [4.69, 9.17) is 9.47 Å². The first-order valence-corrected chi connectivity index (χ1v) is 6.74. The number of hydrogen-bond acceptors (Lipinski definition) is 2. The Morgan fingerprint density at radius 2 is 1.79 bits per heavy atom. The first-order valence-electron chi connectivity index (χ1n) is 6.74. The Kier molecular flexibility index (Phi) is 4.75. The highest BCUT2D eigenvalue weighted by molar-refractivity contribution is 5.30. The van der Waals surface area contributed by atoms with Crippen molar-refractivity contribution in [2.24, 2.45) is 5.92 Å². The van der Waals surface area contributed by atoms with Crippen LogP contribution in [0.15, 0.2) is 12.1 Å². The molecule has 106 valence electrons. The van der Waals surface area contributed by atoms with E-state index in [1.807, 2.05) is 0 Å². The van der Waals surface area contributed by atoms with Crippen LogP contribution >= 0.6 is 0 Å². The number of rotatable bonds is 4. The van der Waals surface area contributed by atoms with Crippen molar-refractivity contribution in [3.05, 3.63) is 29.3 Å². The van der Waals surface area contributed by atoms with Crippen molar-refractivity contribution in [1.29, 1.82) is 0 Å². The summed E-state index contributed by atoms with van der Waals surface area (Å²) in [5.74, 6) is -1.15. The lowest BCUT2D eigenvalue weighted by molar-refractivity contribution is 0.00734. The Balaban J connectivity index is 1.94. The molecule has 2 rings (SSSR count). The summed E-state index contributed by atoms with van der Waals surface area (Å²) >= 11 is 0. The minimum atomic E-state index is -0.944. The zero-order chi connectivity index (χ0) is 13.8. The molecule has 2 nitrogen and oxygen atoms in total. The molecule has 1 fully saturated rings. The van der Waals surface area contributed by atoms with Gasteiger partial charge >= 0.3 is 0 Å². The monoisotopic (exact) mass is 270 g/mol. The van der Waals surface area contributed by atoms with Crippen molar-refractivity contribution in [3.8, 4) is 5.75 Å². The van der Waals surface area contributed by atoms with Gasteiger partial charge in [0, 0.05) is 5.56 Å². The SMILES string of the molecule is COc1ccc(COC2CCC(C)CC2)c(F)c1F. The Morgan fingerprint density at radius 3 is 2.42 bits per heavy atom. The molecule has 0 unspecified atom stereocenters. The van der Waals surface area contributed by atoms with Crippen molar-refractivity contribution in [2.75, 3.05) is 7.11 Å². The third-order valence-electron chi connectivity index (χ3n) is 3.78. The Labute approximate surface area is 112 Å². The van der Waals surface area contributed by atoms with Crippen LogP contribution in [0.25, 0.3) is 0 Å². The van der Waals surface area contributed by atoms with Crippen molar-refractivity contribution in [1.82, 2.24) is 0 Å². The summed E-state index contributed by atoms with van der Waals surface area (Å²) in [6, 6.07) is 2.95. The molecule has 0 saturated heterocycles. The van der Waals surface area contributed by atoms with Crippen molar-refractivity contribution in [3.63, 3.8) is 0 Å². The Bertz CT molecular complexity index is 426. The number of halogens is 2. The number of methoxy groups -OCH3 is 1. The second-order valence-corrected chi connectivity index (χ2v) is 5.25. The van der Waals surface area contributed by atoms with Crippen LogP contribution in [-0.4, -0.2) is 13.2 Å². The number of hydrogen-bond donors (Lipinski definition) is 0. The molecule has 0 aromatic heterocycles. The van der Waals surface area contributed by atoms with Crippen molar-refractivity contribution in [2.45, 2.75) is 45.3 Å². The van der Waals surface area contributed by atoms with Gasteiger partial charge in [-0.05, 0) is 43.7 Å². The molecule has 1 aromatic rings. The van der Waals surface area contributed by atoms with Gasteiger partial charge < -0.3 is 9.47 Å². The minimum absolute atomic E-state index is 0.0762. The first kappa shape index (κ1) is 14.3. The smallest absolute Gasteiger partial charge is 0.200 e. The molecular weight excluding hydrogens is 250 g/mol. The molecule has 1 aliphatic carbocycles. The average Bonchev–Trinajstić information content (AvgIpc) is 2.42. The molecule has 0 heterocycles. The van der Waals surface area contributed by atoms with Gasteiger partial charge in [0.25, 0.3) is 0 Å². The second-order valence-electron chi connectivity index (χ2n) is 5.25. The highest BCUT2D eigenvalue weighted by atomic mass is 19.2. The maximum atomic E-state index is 13.7. The van der Waals surface area contributed by atoms with Crippen LogP contribution in [0.2, 0.25) is 0 Å². The minimum Gasteiger partial charge on any atom is -0.494 e. The van der Waals surface area contributed by atoms with Crippen molar-refractivity contribution < 1.29 is 18.3 Å². The van der Waals surface area contributed by atoms with E-state index in [9.17, 15) is 8.78 Å². The lowest BCUT2D eigenvalue weighted by Crippen LogP contribution is -2.20. The van der Waals surface area contributed by atoms with Crippen LogP contribution in [0, 0.1) is 17.6 Å². The fraction of sp³-hybridized carbons (Fsp3) is 0.600. The lowest BCUT2D eigenvalue weighted by atomic mass is 9.89. The van der Waals surface area contributed by atoms with Gasteiger partial charge in [-0.25, -0.2) is 4.39 Å². The van der Waals surface area contributed by atoms with E-state index in [0.29, 0.717) is 0 Å². The third-order valence-corrected chi connectivity index (χ3v) is 3.78. The van der Waals surface area contributed by atoms with Gasteiger partial charge in [0.05, 0.1) is 19.8 Å². The molecule has 0 aliphatic heterocycles. The highest BCUT2D eigenvalue weighted by Gasteiger charge is 2.20. The molecule has 19 heavy (non-hydrogen) atoms. The van der Waals surface area contributed by atoms with E-state index in [2.05, 4.69) is 6.92 Å². The van der Waals surface area contributed by atoms with Crippen LogP contribution in [0.3, 0.4) is 0 Å². The maximum Gasteiger partial charge on any atom is 0.200 e. The van der Waals surface area contributed by atoms with Crippen LogP contribution < -0.4 is 4.74 Å². The fourth-order valence-corrected chi connectivity index (χ4v) is 2.44. The normalized spacial score (nSPS) is 23.4. The summed E-state index contributed by atoms with van der Waals surface area (Å²) in [5.41, 5.74) is 0.247. The van der Waals surface area contributed by atoms with E-state index >= 15 is 0 Å². The Hall–Kier alpha value is -1.16. The van der Waals surface area contributed by atoms with E-state index in [-0.39, 0.29) is 24.0 Å². The molecule has 0 radical (unpaired) electrons. The zero-order valence-electron chi connectivity index (χ0n) is 11.4. The molecule has 0 atom stereocenters. The molecule has 0 bridgehead atoms. The second kappa shape index (κ2) is 6.33. The predicted molar refractivity (Wildman–Crippen MR) is 69.1 cm³/mol. The molecule has 0 N–H and O–H groups in total. The molecule has 1 aromatic carbocycles. The van der Waals surface area contributed by atoms with Gasteiger partial charge in [-0.1, -0.05) is 6.92 Å². The maximum absolute atomic E-state index is 13.7. The van der Waals surface area contributed by atoms with Gasteiger partial charge in [-0.3, -0.25) is 0 Å². The van der Waals surface area contributed by atoms with Gasteiger partial charge in [0.15, 0.2) is 11.6 Å². The summed E-state index contributed by atoms with van der Waals surface area (Å²) < 4.78 is 37.7. The van der Waals surface area contributed by atoms with Crippen LogP contribution in [-0.2, 0) is 11.3 Å². The van der Waals surface area contributed by atoms with Gasteiger partial charge in [-0.15, -0.1) is 0 Å². The molecule has 0 spiro atoms. The van der Waals surface area contributed by atoms with Gasteiger partial charge in [0.1, 0.15) is 0 Å². The number of benzene rings is 1. The van der Waals surface area contributed by atoms with Crippen LogP contribution in [0.4, 0.5) is 8.78 Å². The topological polar surface area (TPSA) is 18.5 Å². The zero-order valence-corrected chi connectivity index (χ0v) is 11.4. The van der Waals surface area contributed by atoms with Crippen LogP contribution in [0.5, 0.6) is 5.75 Å². The summed E-state index contributed by atoms with van der Waals surface area (Å²) in [5, 5.41) is 0. The lowest BCUT2D eigenvalue weighted by Gasteiger charge is -2.26. The summed E-state index contributed by atoms with van der Waals surface area (Å²) in [6.07, 6.45) is 4.46. The summed E-state index contributed by atoms with van der Waals surface area (Å²) in [6.45, 7) is 2.35. The standard InChI is InChI=1S/C15H20F2O2/c1-10-3-6-12(7-4-10)19-9-11-5-8-13(18-2)15(17)14(11)16/h5,8,10,12H,3-4,6-7,9H2,1-2H3. The molecule has 4 heteroatoms. The van der Waals surface area contributed by atoms with Gasteiger partial charge in [0.2, 0.25) is 5.82 Å². The number of ether oxygens (including phenoxy) is 2.